The monoisotopic (exact) mass is 205 g/mol. The van der Waals surface area contributed by atoms with Crippen molar-refractivity contribution in [3.8, 4) is 5.97 Å². The smallest absolute Gasteiger partial charge is 0.404 e. The van der Waals surface area contributed by atoms with Gasteiger partial charge in [-0.2, -0.15) is 13.2 Å². The lowest BCUT2D eigenvalue weighted by Gasteiger charge is -2.26. The van der Waals surface area contributed by atoms with Gasteiger partial charge in [0.05, 0.1) is 0 Å². The van der Waals surface area contributed by atoms with Gasteiger partial charge < -0.3 is 5.11 Å². The van der Waals surface area contributed by atoms with Gasteiger partial charge >= 0.3 is 12.1 Å². The summed E-state index contributed by atoms with van der Waals surface area (Å²) in [4.78, 5) is 10.6. The third-order valence-corrected chi connectivity index (χ3v) is 2.65. The van der Waals surface area contributed by atoms with Gasteiger partial charge in [-0.05, 0) is 12.7 Å². The van der Waals surface area contributed by atoms with E-state index < -0.39 is 37.0 Å². The van der Waals surface area contributed by atoms with Crippen molar-refractivity contribution in [3.05, 3.63) is 0 Å². The van der Waals surface area contributed by atoms with Gasteiger partial charge in [0.1, 0.15) is 0 Å². The van der Waals surface area contributed by atoms with E-state index in [1.54, 1.807) is 5.97 Å². The molecule has 1 aliphatic rings. The number of hydrogen-bond acceptors (Lipinski definition) is 2. The number of nitrogens with zero attached hydrogens (tertiary/aromatic N) is 1. The highest BCUT2D eigenvalue weighted by molar-refractivity contribution is 6.68. The van der Waals surface area contributed by atoms with E-state index in [0.717, 1.165) is 0 Å². The first-order valence-corrected chi connectivity index (χ1v) is 4.03. The lowest BCUT2D eigenvalue weighted by atomic mass is 9.48. The van der Waals surface area contributed by atoms with Gasteiger partial charge in [-0.25, -0.2) is 5.26 Å². The van der Waals surface area contributed by atoms with E-state index in [4.69, 9.17) is 10.4 Å². The molecule has 0 bridgehead atoms. The van der Waals surface area contributed by atoms with Crippen molar-refractivity contribution in [3.63, 3.8) is 0 Å². The Balaban J connectivity index is 3.00. The number of rotatable bonds is 1. The molecule has 14 heavy (non-hydrogen) atoms. The zero-order valence-electron chi connectivity index (χ0n) is 7.14. The number of carbonyl (C=O) groups is 1. The number of aliphatic carboxylic acids is 1. The second kappa shape index (κ2) is 3.19. The van der Waals surface area contributed by atoms with Crippen LogP contribution in [-0.4, -0.2) is 24.0 Å². The Morgan fingerprint density at radius 1 is 1.57 bits per heavy atom. The maximum atomic E-state index is 12.5. The van der Waals surface area contributed by atoms with Crippen LogP contribution < -0.4 is 0 Å². The predicted molar refractivity (Wildman–Crippen MR) is 41.7 cm³/mol. The maximum absolute atomic E-state index is 12.5. The summed E-state index contributed by atoms with van der Waals surface area (Å²) in [5, 5.41) is 17.0. The van der Waals surface area contributed by atoms with E-state index >= 15 is 0 Å². The molecule has 1 N–H and O–H groups in total. The average molecular weight is 205 g/mol. The molecule has 1 atom stereocenters. The maximum Gasteiger partial charge on any atom is 0.404 e. The van der Waals surface area contributed by atoms with E-state index in [-0.39, 0.29) is 6.32 Å². The normalized spacial score (nSPS) is 27.4. The molecule has 1 fully saturated rings. The zero-order chi connectivity index (χ0) is 11.0. The van der Waals surface area contributed by atoms with Gasteiger partial charge in [0, 0.05) is 5.97 Å². The second-order valence-electron chi connectivity index (χ2n) is 3.45. The van der Waals surface area contributed by atoms with Gasteiger partial charge in [-0.15, -0.1) is 0 Å². The van der Waals surface area contributed by atoms with Crippen molar-refractivity contribution in [2.24, 2.45) is 5.41 Å². The van der Waals surface area contributed by atoms with Crippen LogP contribution in [0, 0.1) is 16.6 Å². The standard InChI is InChI=1S/C7H7BF3NO2/c9-7(10,11)6(5(13)14)1-2-8(3-6)4-12/h1-3H2,(H,13,14). The first-order chi connectivity index (χ1) is 6.33. The minimum Gasteiger partial charge on any atom is -0.481 e. The molecule has 0 spiro atoms. The molecule has 0 aromatic rings. The Morgan fingerprint density at radius 2 is 2.14 bits per heavy atom. The molecule has 7 heteroatoms. The minimum absolute atomic E-state index is 0.00229. The minimum atomic E-state index is -4.77. The van der Waals surface area contributed by atoms with Crippen LogP contribution in [-0.2, 0) is 4.79 Å². The van der Waals surface area contributed by atoms with E-state index in [1.807, 2.05) is 0 Å². The lowest BCUT2D eigenvalue weighted by Crippen LogP contribution is -2.43. The van der Waals surface area contributed by atoms with Crippen LogP contribution in [0.5, 0.6) is 0 Å². The molecule has 76 valence electrons. The van der Waals surface area contributed by atoms with Crippen molar-refractivity contribution in [2.75, 3.05) is 0 Å². The van der Waals surface area contributed by atoms with Gasteiger partial charge in [0.2, 0.25) is 0 Å². The summed E-state index contributed by atoms with van der Waals surface area (Å²) in [7, 11) is 0. The van der Waals surface area contributed by atoms with Crippen molar-refractivity contribution >= 4 is 12.7 Å². The van der Waals surface area contributed by atoms with Crippen LogP contribution in [0.4, 0.5) is 13.2 Å². The topological polar surface area (TPSA) is 61.1 Å². The molecule has 0 radical (unpaired) electrons. The fourth-order valence-electron chi connectivity index (χ4n) is 1.73. The molecule has 0 aliphatic carbocycles. The Morgan fingerprint density at radius 3 is 2.36 bits per heavy atom. The zero-order valence-corrected chi connectivity index (χ0v) is 7.14. The molecule has 0 aromatic heterocycles. The number of hydrogen-bond donors (Lipinski definition) is 1. The number of halogens is 3. The molecule has 0 amide bonds. The van der Waals surface area contributed by atoms with Gasteiger partial charge in [-0.3, -0.25) is 4.79 Å². The van der Waals surface area contributed by atoms with Crippen LogP contribution in [0.2, 0.25) is 12.6 Å². The van der Waals surface area contributed by atoms with E-state index in [9.17, 15) is 18.0 Å². The van der Waals surface area contributed by atoms with Gasteiger partial charge in [0.15, 0.2) is 5.41 Å². The van der Waals surface area contributed by atoms with Crippen molar-refractivity contribution in [2.45, 2.75) is 25.2 Å². The summed E-state index contributed by atoms with van der Waals surface area (Å²) in [5.74, 6) is -0.190. The van der Waals surface area contributed by atoms with E-state index in [2.05, 4.69) is 0 Å². The number of alkyl halides is 3. The molecule has 1 aliphatic heterocycles. The van der Waals surface area contributed by atoms with Crippen LogP contribution in [0.1, 0.15) is 6.42 Å². The summed E-state index contributed by atoms with van der Waals surface area (Å²) in [6.45, 7) is -0.798. The molecule has 0 aromatic carbocycles. The summed E-state index contributed by atoms with van der Waals surface area (Å²) >= 11 is 0. The SMILES string of the molecule is N#CB1CCC(C(=O)O)(C(F)(F)F)C1. The van der Waals surface area contributed by atoms with E-state index in [0.29, 0.717) is 0 Å². The molecule has 3 nitrogen and oxygen atoms in total. The summed E-state index contributed by atoms with van der Waals surface area (Å²) in [6.07, 6.45) is -5.89. The number of nitriles is 1. The first-order valence-electron chi connectivity index (χ1n) is 4.03. The fourth-order valence-corrected chi connectivity index (χ4v) is 1.73. The summed E-state index contributed by atoms with van der Waals surface area (Å²) < 4.78 is 37.5. The molecule has 1 heterocycles. The molecular weight excluding hydrogens is 198 g/mol. The largest absolute Gasteiger partial charge is 0.481 e. The third-order valence-electron chi connectivity index (χ3n) is 2.65. The highest BCUT2D eigenvalue weighted by Gasteiger charge is 2.64. The highest BCUT2D eigenvalue weighted by Crippen LogP contribution is 2.51. The summed E-state index contributed by atoms with van der Waals surface area (Å²) in [6, 6.07) is 0. The average Bonchev–Trinajstić information content (AvgIpc) is 2.47. The molecule has 0 saturated carbocycles. The first kappa shape index (κ1) is 10.9. The molecular formula is C7H7BF3NO2. The van der Waals surface area contributed by atoms with Crippen LogP contribution >= 0.6 is 0 Å². The predicted octanol–water partition coefficient (Wildman–Crippen LogP) is 1.58. The Hall–Kier alpha value is -1.19. The van der Waals surface area contributed by atoms with Crippen molar-refractivity contribution < 1.29 is 23.1 Å². The van der Waals surface area contributed by atoms with Gasteiger partial charge in [0.25, 0.3) is 6.71 Å². The number of carboxylic acid groups (broad SMARTS) is 1. The second-order valence-corrected chi connectivity index (χ2v) is 3.45. The Labute approximate surface area is 78.6 Å². The molecule has 1 rings (SSSR count). The Bertz CT molecular complexity index is 298. The van der Waals surface area contributed by atoms with Crippen molar-refractivity contribution in [1.82, 2.24) is 0 Å². The third kappa shape index (κ3) is 1.45. The Kier molecular flexibility index (Phi) is 2.48. The van der Waals surface area contributed by atoms with Crippen LogP contribution in [0.15, 0.2) is 0 Å². The molecule has 1 saturated heterocycles. The van der Waals surface area contributed by atoms with Gasteiger partial charge in [-0.1, -0.05) is 6.32 Å². The van der Waals surface area contributed by atoms with Crippen LogP contribution in [0.3, 0.4) is 0 Å². The van der Waals surface area contributed by atoms with Crippen molar-refractivity contribution in [1.29, 1.82) is 5.26 Å². The quantitative estimate of drug-likeness (QED) is 0.661. The lowest BCUT2D eigenvalue weighted by molar-refractivity contribution is -0.225. The number of carboxylic acids is 1. The summed E-state index contributed by atoms with van der Waals surface area (Å²) in [5.41, 5.74) is -2.70. The fraction of sp³-hybridized carbons (Fsp3) is 0.714. The van der Waals surface area contributed by atoms with E-state index in [1.165, 1.54) is 0 Å². The molecule has 1 unspecified atom stereocenters. The van der Waals surface area contributed by atoms with Crippen LogP contribution in [0.25, 0.3) is 0 Å². The highest BCUT2D eigenvalue weighted by atomic mass is 19.4.